The van der Waals surface area contributed by atoms with Gasteiger partial charge in [-0.3, -0.25) is 5.41 Å². The number of hydrogen-bond donors (Lipinski definition) is 1. The molecule has 0 saturated carbocycles. The molecule has 0 fully saturated rings. The Bertz CT molecular complexity index is 272. The van der Waals surface area contributed by atoms with Crippen LogP contribution in [0.2, 0.25) is 0 Å². The van der Waals surface area contributed by atoms with E-state index in [1.165, 1.54) is 7.11 Å². The number of para-hydroxylation sites is 1. The summed E-state index contributed by atoms with van der Waals surface area (Å²) in [4.78, 5) is 0. The van der Waals surface area contributed by atoms with Crippen LogP contribution in [0.25, 0.3) is 0 Å². The summed E-state index contributed by atoms with van der Waals surface area (Å²) >= 11 is 0. The molecule has 1 aromatic rings. The molecule has 3 nitrogen and oxygen atoms in total. The quantitative estimate of drug-likeness (QED) is 0.570. The van der Waals surface area contributed by atoms with E-state index in [-0.39, 0.29) is 12.0 Å². The average Bonchev–Trinajstić information content (AvgIpc) is 2.18. The van der Waals surface area contributed by atoms with Gasteiger partial charge in [0.05, 0.1) is 7.11 Å². The largest absolute Gasteiger partial charge is 0.482 e. The van der Waals surface area contributed by atoms with Crippen LogP contribution in [-0.4, -0.2) is 19.1 Å². The van der Waals surface area contributed by atoms with Crippen LogP contribution in [0.3, 0.4) is 0 Å². The molecule has 1 rings (SSSR count). The molecule has 0 aliphatic rings. The maximum Gasteiger partial charge on any atom is 0.222 e. The van der Waals surface area contributed by atoms with Crippen LogP contribution in [0.1, 0.15) is 6.92 Å². The van der Waals surface area contributed by atoms with Crippen molar-refractivity contribution in [2.24, 2.45) is 0 Å². The molecule has 0 spiro atoms. The van der Waals surface area contributed by atoms with Crippen molar-refractivity contribution in [1.82, 2.24) is 0 Å². The van der Waals surface area contributed by atoms with Gasteiger partial charge in [-0.2, -0.15) is 0 Å². The second kappa shape index (κ2) is 4.50. The van der Waals surface area contributed by atoms with E-state index in [0.717, 1.165) is 5.75 Å². The second-order valence-corrected chi connectivity index (χ2v) is 2.64. The second-order valence-electron chi connectivity index (χ2n) is 2.64. The number of benzene rings is 1. The van der Waals surface area contributed by atoms with Crippen LogP contribution < -0.4 is 4.74 Å². The molecule has 0 saturated heterocycles. The normalized spacial score (nSPS) is 11.8. The van der Waals surface area contributed by atoms with Crippen LogP contribution in [0.5, 0.6) is 5.75 Å². The van der Waals surface area contributed by atoms with Crippen LogP contribution in [0, 0.1) is 5.41 Å². The van der Waals surface area contributed by atoms with E-state index < -0.39 is 0 Å². The van der Waals surface area contributed by atoms with Gasteiger partial charge < -0.3 is 9.47 Å². The van der Waals surface area contributed by atoms with Crippen molar-refractivity contribution in [3.05, 3.63) is 30.3 Å². The first-order valence-electron chi connectivity index (χ1n) is 4.08. The molecule has 0 aromatic heterocycles. The van der Waals surface area contributed by atoms with Gasteiger partial charge in [0.1, 0.15) is 5.75 Å². The van der Waals surface area contributed by atoms with Crippen molar-refractivity contribution in [2.45, 2.75) is 13.0 Å². The molecule has 0 amide bonds. The third-order valence-corrected chi connectivity index (χ3v) is 1.65. The summed E-state index contributed by atoms with van der Waals surface area (Å²) in [5.41, 5.74) is 0. The lowest BCUT2D eigenvalue weighted by molar-refractivity contribution is 0.239. The molecule has 0 heterocycles. The van der Waals surface area contributed by atoms with E-state index in [0.29, 0.717) is 0 Å². The minimum Gasteiger partial charge on any atom is -0.482 e. The highest BCUT2D eigenvalue weighted by molar-refractivity contribution is 5.77. The maximum absolute atomic E-state index is 7.35. The van der Waals surface area contributed by atoms with E-state index in [1.807, 2.05) is 30.3 Å². The van der Waals surface area contributed by atoms with Crippen molar-refractivity contribution in [1.29, 1.82) is 5.41 Å². The van der Waals surface area contributed by atoms with Crippen LogP contribution in [-0.2, 0) is 4.74 Å². The highest BCUT2D eigenvalue weighted by atomic mass is 16.5. The fourth-order valence-corrected chi connectivity index (χ4v) is 0.923. The predicted molar refractivity (Wildman–Crippen MR) is 51.3 cm³/mol. The van der Waals surface area contributed by atoms with Crippen LogP contribution in [0.15, 0.2) is 30.3 Å². The lowest BCUT2D eigenvalue weighted by atomic mass is 10.3. The van der Waals surface area contributed by atoms with Gasteiger partial charge in [-0.05, 0) is 19.1 Å². The van der Waals surface area contributed by atoms with Crippen molar-refractivity contribution >= 4 is 5.90 Å². The van der Waals surface area contributed by atoms with Crippen molar-refractivity contribution in [3.8, 4) is 5.75 Å². The molecule has 70 valence electrons. The fourth-order valence-electron chi connectivity index (χ4n) is 0.923. The minimum absolute atomic E-state index is 0.129. The molecular weight excluding hydrogens is 166 g/mol. The van der Waals surface area contributed by atoms with Crippen LogP contribution in [0.4, 0.5) is 0 Å². The Labute approximate surface area is 77.8 Å². The van der Waals surface area contributed by atoms with Gasteiger partial charge >= 0.3 is 0 Å². The van der Waals surface area contributed by atoms with E-state index in [4.69, 9.17) is 14.9 Å². The van der Waals surface area contributed by atoms with Gasteiger partial charge in [-0.1, -0.05) is 18.2 Å². The zero-order valence-corrected chi connectivity index (χ0v) is 7.78. The van der Waals surface area contributed by atoms with Gasteiger partial charge in [-0.25, -0.2) is 0 Å². The number of rotatable bonds is 3. The van der Waals surface area contributed by atoms with Gasteiger partial charge in [0, 0.05) is 0 Å². The Hall–Kier alpha value is -1.51. The van der Waals surface area contributed by atoms with E-state index >= 15 is 0 Å². The number of ether oxygens (including phenoxy) is 2. The summed E-state index contributed by atoms with van der Waals surface area (Å²) in [5, 5.41) is 7.35. The number of hydrogen-bond acceptors (Lipinski definition) is 3. The molecule has 0 aliphatic carbocycles. The molecule has 13 heavy (non-hydrogen) atoms. The zero-order chi connectivity index (χ0) is 9.68. The molecule has 3 heteroatoms. The zero-order valence-electron chi connectivity index (χ0n) is 7.78. The minimum atomic E-state index is -0.340. The van der Waals surface area contributed by atoms with E-state index in [1.54, 1.807) is 6.92 Å². The van der Waals surface area contributed by atoms with Crippen molar-refractivity contribution < 1.29 is 9.47 Å². The molecule has 1 atom stereocenters. The first kappa shape index (κ1) is 9.58. The Balaban J connectivity index is 2.55. The van der Waals surface area contributed by atoms with Gasteiger partial charge in [0.2, 0.25) is 5.90 Å². The first-order valence-corrected chi connectivity index (χ1v) is 4.08. The number of nitrogens with one attached hydrogen (secondary N) is 1. The molecule has 0 bridgehead atoms. The Kier molecular flexibility index (Phi) is 3.31. The van der Waals surface area contributed by atoms with Crippen molar-refractivity contribution in [2.75, 3.05) is 7.11 Å². The van der Waals surface area contributed by atoms with Crippen molar-refractivity contribution in [3.63, 3.8) is 0 Å². The maximum atomic E-state index is 7.35. The summed E-state index contributed by atoms with van der Waals surface area (Å²) in [6, 6.07) is 9.38. The fraction of sp³-hybridized carbons (Fsp3) is 0.300. The summed E-state index contributed by atoms with van der Waals surface area (Å²) in [7, 11) is 1.47. The number of methoxy groups -OCH3 is 1. The molecule has 1 unspecified atom stereocenters. The van der Waals surface area contributed by atoms with Gasteiger partial charge in [0.15, 0.2) is 6.10 Å². The lowest BCUT2D eigenvalue weighted by Gasteiger charge is -2.13. The summed E-state index contributed by atoms with van der Waals surface area (Å²) in [6.45, 7) is 1.78. The molecule has 1 N–H and O–H groups in total. The standard InChI is InChI=1S/C10H13NO2/c1-8(10(11)12-2)13-9-6-4-3-5-7-9/h3-8,11H,1-2H3. The van der Waals surface area contributed by atoms with Crippen LogP contribution >= 0.6 is 0 Å². The Morgan fingerprint density at radius 3 is 2.46 bits per heavy atom. The molecule has 0 aliphatic heterocycles. The Morgan fingerprint density at radius 1 is 1.31 bits per heavy atom. The van der Waals surface area contributed by atoms with E-state index in [9.17, 15) is 0 Å². The first-order chi connectivity index (χ1) is 6.24. The monoisotopic (exact) mass is 179 g/mol. The SMILES string of the molecule is COC(=N)C(C)Oc1ccccc1. The highest BCUT2D eigenvalue weighted by Crippen LogP contribution is 2.10. The topological polar surface area (TPSA) is 42.3 Å². The van der Waals surface area contributed by atoms with Gasteiger partial charge in [-0.15, -0.1) is 0 Å². The third-order valence-electron chi connectivity index (χ3n) is 1.65. The lowest BCUT2D eigenvalue weighted by Crippen LogP contribution is -2.24. The third kappa shape index (κ3) is 2.78. The van der Waals surface area contributed by atoms with E-state index in [2.05, 4.69) is 0 Å². The van der Waals surface area contributed by atoms with Gasteiger partial charge in [0.25, 0.3) is 0 Å². The Morgan fingerprint density at radius 2 is 1.92 bits per heavy atom. The summed E-state index contributed by atoms with van der Waals surface area (Å²) in [5.74, 6) is 0.876. The summed E-state index contributed by atoms with van der Waals surface area (Å²) < 4.78 is 10.2. The highest BCUT2D eigenvalue weighted by Gasteiger charge is 2.09. The molecular formula is C10H13NO2. The summed E-state index contributed by atoms with van der Waals surface area (Å²) in [6.07, 6.45) is -0.340. The predicted octanol–water partition coefficient (Wildman–Crippen LogP) is 2.08. The molecule has 1 aromatic carbocycles. The smallest absolute Gasteiger partial charge is 0.222 e. The average molecular weight is 179 g/mol. The molecule has 0 radical (unpaired) electrons.